The van der Waals surface area contributed by atoms with Gasteiger partial charge in [0.25, 0.3) is 0 Å². The number of benzene rings is 1. The first kappa shape index (κ1) is 20.0. The number of methoxy groups -OCH3 is 1. The number of pyridine rings is 1. The number of hydrogen-bond donors (Lipinski definition) is 0. The molecule has 150 valence electrons. The predicted octanol–water partition coefficient (Wildman–Crippen LogP) is 4.92. The Hall–Kier alpha value is -3.30. The molecule has 0 bridgehead atoms. The van der Waals surface area contributed by atoms with Crippen molar-refractivity contribution in [1.29, 1.82) is 0 Å². The number of oxazole rings is 1. The summed E-state index contributed by atoms with van der Waals surface area (Å²) in [5.74, 6) is -0.403. The lowest BCUT2D eigenvalue weighted by atomic mass is 10.2. The molecule has 4 rings (SSSR count). The zero-order valence-corrected chi connectivity index (χ0v) is 16.9. The van der Waals surface area contributed by atoms with E-state index >= 15 is 0 Å². The Balaban J connectivity index is 1.75. The monoisotopic (exact) mass is 442 g/mol. The number of aromatic nitrogens is 4. The van der Waals surface area contributed by atoms with E-state index in [2.05, 4.69) is 24.7 Å². The van der Waals surface area contributed by atoms with Gasteiger partial charge in [-0.1, -0.05) is 11.6 Å². The van der Waals surface area contributed by atoms with E-state index in [4.69, 9.17) is 16.0 Å². The maximum absolute atomic E-state index is 13.3. The number of ether oxygens (including phenoxy) is 1. The zero-order chi connectivity index (χ0) is 21.1. The van der Waals surface area contributed by atoms with Crippen molar-refractivity contribution < 1.29 is 18.3 Å². The van der Waals surface area contributed by atoms with Crippen LogP contribution >= 0.6 is 23.4 Å². The van der Waals surface area contributed by atoms with Gasteiger partial charge in [0.15, 0.2) is 16.6 Å². The summed E-state index contributed by atoms with van der Waals surface area (Å²) >= 11 is 7.10. The standard InChI is InChI=1S/C20H12ClFN4O3S/c1-28-19(27)12-8-24-17(25-9-12)16-20(30-15-7-4-13(21)10-23-15)29-18(26-16)11-2-5-14(22)6-3-11/h2-10H,1H3. The lowest BCUT2D eigenvalue weighted by Gasteiger charge is -2.01. The van der Waals surface area contributed by atoms with Crippen LogP contribution in [0.25, 0.3) is 23.0 Å². The van der Waals surface area contributed by atoms with Gasteiger partial charge in [0.1, 0.15) is 10.8 Å². The van der Waals surface area contributed by atoms with E-state index in [1.807, 2.05) is 0 Å². The van der Waals surface area contributed by atoms with Gasteiger partial charge in [0, 0.05) is 24.2 Å². The third kappa shape index (κ3) is 4.32. The molecule has 0 atom stereocenters. The SMILES string of the molecule is COC(=O)c1cnc(-c2nc(-c3ccc(F)cc3)oc2Sc2ccc(Cl)cn2)nc1. The van der Waals surface area contributed by atoms with Crippen molar-refractivity contribution >= 4 is 29.3 Å². The minimum absolute atomic E-state index is 0.206. The van der Waals surface area contributed by atoms with Crippen LogP contribution in [0.5, 0.6) is 0 Å². The number of carbonyl (C=O) groups excluding carboxylic acids is 1. The summed E-state index contributed by atoms with van der Waals surface area (Å²) in [6.07, 6.45) is 4.20. The molecule has 4 aromatic rings. The maximum atomic E-state index is 13.3. The molecule has 0 amide bonds. The second-order valence-corrected chi connectivity index (χ2v) is 7.30. The van der Waals surface area contributed by atoms with Gasteiger partial charge in [-0.25, -0.2) is 29.1 Å². The largest absolute Gasteiger partial charge is 0.465 e. The lowest BCUT2D eigenvalue weighted by molar-refractivity contribution is 0.0600. The molecule has 3 heterocycles. The van der Waals surface area contributed by atoms with Gasteiger partial charge < -0.3 is 9.15 Å². The average Bonchev–Trinajstić information content (AvgIpc) is 3.19. The van der Waals surface area contributed by atoms with Crippen molar-refractivity contribution in [1.82, 2.24) is 19.9 Å². The minimum Gasteiger partial charge on any atom is -0.465 e. The van der Waals surface area contributed by atoms with Gasteiger partial charge in [0.2, 0.25) is 5.89 Å². The highest BCUT2D eigenvalue weighted by molar-refractivity contribution is 7.99. The molecular formula is C20H12ClFN4O3S. The minimum atomic E-state index is -0.548. The van der Waals surface area contributed by atoms with E-state index in [9.17, 15) is 9.18 Å². The normalized spacial score (nSPS) is 10.8. The molecule has 0 saturated carbocycles. The van der Waals surface area contributed by atoms with Crippen molar-refractivity contribution in [3.8, 4) is 23.0 Å². The number of nitrogens with zero attached hydrogens (tertiary/aromatic N) is 4. The van der Waals surface area contributed by atoms with E-state index in [-0.39, 0.29) is 23.1 Å². The first-order chi connectivity index (χ1) is 14.5. The number of halogens is 2. The summed E-state index contributed by atoms with van der Waals surface area (Å²) in [7, 11) is 1.27. The molecule has 0 N–H and O–H groups in total. The van der Waals surface area contributed by atoms with Gasteiger partial charge in [-0.3, -0.25) is 0 Å². The molecule has 0 fully saturated rings. The Labute approximate surface area is 179 Å². The van der Waals surface area contributed by atoms with Crippen molar-refractivity contribution in [3.05, 3.63) is 71.4 Å². The molecule has 0 radical (unpaired) electrons. The molecule has 0 unspecified atom stereocenters. The highest BCUT2D eigenvalue weighted by Crippen LogP contribution is 2.37. The fourth-order valence-corrected chi connectivity index (χ4v) is 3.32. The van der Waals surface area contributed by atoms with Crippen LogP contribution in [-0.4, -0.2) is 33.0 Å². The van der Waals surface area contributed by atoms with Gasteiger partial charge >= 0.3 is 5.97 Å². The zero-order valence-electron chi connectivity index (χ0n) is 15.4. The molecule has 3 aromatic heterocycles. The first-order valence-electron chi connectivity index (χ1n) is 8.50. The maximum Gasteiger partial charge on any atom is 0.341 e. The summed E-state index contributed by atoms with van der Waals surface area (Å²) in [6.45, 7) is 0. The highest BCUT2D eigenvalue weighted by atomic mass is 35.5. The smallest absolute Gasteiger partial charge is 0.341 e. The van der Waals surface area contributed by atoms with Gasteiger partial charge in [0.05, 0.1) is 17.7 Å². The van der Waals surface area contributed by atoms with Crippen molar-refractivity contribution in [2.45, 2.75) is 10.1 Å². The molecular weight excluding hydrogens is 431 g/mol. The van der Waals surface area contributed by atoms with Crippen LogP contribution in [0, 0.1) is 5.82 Å². The van der Waals surface area contributed by atoms with Gasteiger partial charge in [-0.15, -0.1) is 0 Å². The fraction of sp³-hybridized carbons (Fsp3) is 0.0500. The second kappa shape index (κ2) is 8.60. The number of rotatable bonds is 5. The van der Waals surface area contributed by atoms with E-state index in [1.165, 1.54) is 49.6 Å². The summed E-state index contributed by atoms with van der Waals surface area (Å²) in [5, 5.41) is 1.51. The quantitative estimate of drug-likeness (QED) is 0.402. The Kier molecular flexibility index (Phi) is 5.73. The van der Waals surface area contributed by atoms with Crippen molar-refractivity contribution in [3.63, 3.8) is 0 Å². The Bertz CT molecular complexity index is 1180. The lowest BCUT2D eigenvalue weighted by Crippen LogP contribution is -2.03. The summed E-state index contributed by atoms with van der Waals surface area (Å²) in [4.78, 5) is 28.8. The van der Waals surface area contributed by atoms with Crippen LogP contribution in [0.3, 0.4) is 0 Å². The third-order valence-corrected chi connectivity index (χ3v) is 5.01. The molecule has 0 spiro atoms. The number of esters is 1. The Morgan fingerprint density at radius 2 is 1.80 bits per heavy atom. The van der Waals surface area contributed by atoms with Crippen LogP contribution in [-0.2, 0) is 4.74 Å². The summed E-state index contributed by atoms with van der Waals surface area (Å²) in [6, 6.07) is 9.18. The molecule has 10 heteroatoms. The fourth-order valence-electron chi connectivity index (χ4n) is 2.42. The van der Waals surface area contributed by atoms with Crippen LogP contribution in [0.1, 0.15) is 10.4 Å². The van der Waals surface area contributed by atoms with Crippen LogP contribution in [0.4, 0.5) is 4.39 Å². The average molecular weight is 443 g/mol. The Morgan fingerprint density at radius 1 is 1.07 bits per heavy atom. The van der Waals surface area contributed by atoms with Crippen LogP contribution < -0.4 is 0 Å². The Morgan fingerprint density at radius 3 is 2.43 bits per heavy atom. The van der Waals surface area contributed by atoms with E-state index in [0.29, 0.717) is 26.4 Å². The summed E-state index contributed by atoms with van der Waals surface area (Å²) < 4.78 is 23.8. The predicted molar refractivity (Wildman–Crippen MR) is 108 cm³/mol. The molecule has 30 heavy (non-hydrogen) atoms. The van der Waals surface area contributed by atoms with Crippen LogP contribution in [0.2, 0.25) is 5.02 Å². The van der Waals surface area contributed by atoms with Gasteiger partial charge in [-0.05, 0) is 48.2 Å². The molecule has 0 aliphatic rings. The number of carbonyl (C=O) groups is 1. The van der Waals surface area contributed by atoms with E-state index in [1.54, 1.807) is 24.3 Å². The molecule has 0 aliphatic heterocycles. The third-order valence-electron chi connectivity index (χ3n) is 3.87. The first-order valence-corrected chi connectivity index (χ1v) is 9.70. The van der Waals surface area contributed by atoms with Crippen LogP contribution in [0.15, 0.2) is 69.5 Å². The molecule has 0 aliphatic carbocycles. The molecule has 1 aromatic carbocycles. The molecule has 0 saturated heterocycles. The molecule has 7 nitrogen and oxygen atoms in total. The van der Waals surface area contributed by atoms with E-state index in [0.717, 1.165) is 0 Å². The second-order valence-electron chi connectivity index (χ2n) is 5.87. The topological polar surface area (TPSA) is 91.0 Å². The number of hydrogen-bond acceptors (Lipinski definition) is 8. The van der Waals surface area contributed by atoms with Gasteiger partial charge in [-0.2, -0.15) is 0 Å². The van der Waals surface area contributed by atoms with E-state index < -0.39 is 5.97 Å². The summed E-state index contributed by atoms with van der Waals surface area (Å²) in [5.41, 5.74) is 1.14. The van der Waals surface area contributed by atoms with Crippen molar-refractivity contribution in [2.75, 3.05) is 7.11 Å². The highest BCUT2D eigenvalue weighted by Gasteiger charge is 2.21. The van der Waals surface area contributed by atoms with Crippen molar-refractivity contribution in [2.24, 2.45) is 0 Å².